The number of halogens is 1. The van der Waals surface area contributed by atoms with Crippen molar-refractivity contribution in [2.24, 2.45) is 0 Å². The third kappa shape index (κ3) is 2.93. The van der Waals surface area contributed by atoms with Crippen LogP contribution in [0.15, 0.2) is 24.3 Å². The number of hydrogen-bond acceptors (Lipinski definition) is 3. The number of carbonyl (C=O) groups is 1. The van der Waals surface area contributed by atoms with Gasteiger partial charge < -0.3 is 0 Å². The first-order valence-corrected chi connectivity index (χ1v) is 5.86. The molecule has 0 radical (unpaired) electrons. The molecule has 1 aromatic heterocycles. The number of rotatable bonds is 2. The summed E-state index contributed by atoms with van der Waals surface area (Å²) in [6.45, 7) is 5.22. The molecule has 0 unspecified atom stereocenters. The second-order valence-electron chi connectivity index (χ2n) is 4.36. The van der Waals surface area contributed by atoms with E-state index in [-0.39, 0.29) is 11.5 Å². The zero-order chi connectivity index (χ0) is 14.0. The molecule has 0 spiro atoms. The molecule has 1 heterocycles. The fraction of sp³-hybridized carbons (Fsp3) is 0.214. The molecule has 1 aromatic carbocycles. The van der Waals surface area contributed by atoms with E-state index in [4.69, 9.17) is 0 Å². The highest BCUT2D eigenvalue weighted by molar-refractivity contribution is 6.03. The van der Waals surface area contributed by atoms with Crippen LogP contribution >= 0.6 is 0 Å². The molecule has 2 rings (SSSR count). The molecule has 0 saturated heterocycles. The predicted octanol–water partition coefficient (Wildman–Crippen LogP) is 2.79. The average Bonchev–Trinajstić information content (AvgIpc) is 2.31. The summed E-state index contributed by atoms with van der Waals surface area (Å²) in [5, 5.41) is 2.51. The topological polar surface area (TPSA) is 54.9 Å². The van der Waals surface area contributed by atoms with Gasteiger partial charge in [0.25, 0.3) is 5.91 Å². The maximum Gasteiger partial charge on any atom is 0.261 e. The molecule has 5 heteroatoms. The van der Waals surface area contributed by atoms with Crippen molar-refractivity contribution in [3.8, 4) is 0 Å². The molecule has 98 valence electrons. The number of amides is 1. The number of hydrogen-bond donors (Lipinski definition) is 1. The molecular weight excluding hydrogens is 245 g/mol. The normalized spacial score (nSPS) is 10.3. The number of nitrogens with one attached hydrogen (secondary N) is 1. The van der Waals surface area contributed by atoms with E-state index < -0.39 is 11.7 Å². The summed E-state index contributed by atoms with van der Waals surface area (Å²) in [6, 6.07) is 6.47. The molecule has 0 aliphatic heterocycles. The van der Waals surface area contributed by atoms with E-state index in [1.165, 1.54) is 6.07 Å². The zero-order valence-electron chi connectivity index (χ0n) is 11.0. The van der Waals surface area contributed by atoms with Gasteiger partial charge in [-0.3, -0.25) is 10.1 Å². The molecule has 0 aliphatic rings. The van der Waals surface area contributed by atoms with E-state index in [1.54, 1.807) is 39.0 Å². The molecule has 0 aliphatic carbocycles. The Morgan fingerprint density at radius 2 is 1.79 bits per heavy atom. The minimum Gasteiger partial charge on any atom is -0.290 e. The van der Waals surface area contributed by atoms with Gasteiger partial charge in [0.1, 0.15) is 5.82 Å². The fourth-order valence-electron chi connectivity index (χ4n) is 1.77. The van der Waals surface area contributed by atoms with Gasteiger partial charge >= 0.3 is 0 Å². The maximum absolute atomic E-state index is 13.8. The van der Waals surface area contributed by atoms with Crippen LogP contribution in [-0.2, 0) is 0 Å². The fourth-order valence-corrected chi connectivity index (χ4v) is 1.77. The minimum atomic E-state index is -0.550. The summed E-state index contributed by atoms with van der Waals surface area (Å²) >= 11 is 0. The number of nitrogens with zero attached hydrogens (tertiary/aromatic N) is 2. The quantitative estimate of drug-likeness (QED) is 0.902. The standard InChI is InChI=1S/C14H14FN3O/c1-8-5-4-6-11(12(8)15)13(19)18-14-16-9(2)7-10(3)17-14/h4-7H,1-3H3,(H,16,17,18,19). The molecule has 0 atom stereocenters. The van der Waals surface area contributed by atoms with Crippen molar-refractivity contribution in [3.05, 3.63) is 52.6 Å². The number of aromatic nitrogens is 2. The monoisotopic (exact) mass is 259 g/mol. The van der Waals surface area contributed by atoms with Gasteiger partial charge in [-0.15, -0.1) is 0 Å². The van der Waals surface area contributed by atoms with Crippen LogP contribution in [0.2, 0.25) is 0 Å². The van der Waals surface area contributed by atoms with E-state index in [1.807, 2.05) is 0 Å². The van der Waals surface area contributed by atoms with Crippen LogP contribution in [0.4, 0.5) is 10.3 Å². The second kappa shape index (κ2) is 5.14. The van der Waals surface area contributed by atoms with Crippen molar-refractivity contribution in [2.75, 3.05) is 5.32 Å². The Hall–Kier alpha value is -2.30. The SMILES string of the molecule is Cc1cc(C)nc(NC(=O)c2cccc(C)c2F)n1. The molecule has 0 saturated carbocycles. The first-order valence-electron chi connectivity index (χ1n) is 5.86. The Labute approximate surface area is 110 Å². The summed E-state index contributed by atoms with van der Waals surface area (Å²) in [4.78, 5) is 20.2. The number of benzene rings is 1. The van der Waals surface area contributed by atoms with Gasteiger partial charge in [-0.1, -0.05) is 12.1 Å². The molecule has 1 amide bonds. The lowest BCUT2D eigenvalue weighted by Crippen LogP contribution is -2.16. The van der Waals surface area contributed by atoms with Gasteiger partial charge in [-0.25, -0.2) is 14.4 Å². The lowest BCUT2D eigenvalue weighted by molar-refractivity contribution is 0.102. The van der Waals surface area contributed by atoms with E-state index in [9.17, 15) is 9.18 Å². The number of aryl methyl sites for hydroxylation is 3. The Balaban J connectivity index is 2.28. The maximum atomic E-state index is 13.8. The Morgan fingerprint density at radius 1 is 1.16 bits per heavy atom. The third-order valence-electron chi connectivity index (χ3n) is 2.64. The van der Waals surface area contributed by atoms with Crippen LogP contribution in [0.5, 0.6) is 0 Å². The van der Waals surface area contributed by atoms with Gasteiger partial charge in [0.05, 0.1) is 5.56 Å². The van der Waals surface area contributed by atoms with E-state index >= 15 is 0 Å². The second-order valence-corrected chi connectivity index (χ2v) is 4.36. The van der Waals surface area contributed by atoms with Crippen LogP contribution in [0.25, 0.3) is 0 Å². The van der Waals surface area contributed by atoms with Gasteiger partial charge in [-0.2, -0.15) is 0 Å². The average molecular weight is 259 g/mol. The van der Waals surface area contributed by atoms with Crippen LogP contribution in [-0.4, -0.2) is 15.9 Å². The van der Waals surface area contributed by atoms with Gasteiger partial charge in [0, 0.05) is 11.4 Å². The van der Waals surface area contributed by atoms with E-state index in [2.05, 4.69) is 15.3 Å². The largest absolute Gasteiger partial charge is 0.290 e. The first-order chi connectivity index (χ1) is 8.97. The van der Waals surface area contributed by atoms with Gasteiger partial charge in [0.2, 0.25) is 5.95 Å². The Kier molecular flexibility index (Phi) is 3.55. The first kappa shape index (κ1) is 13.1. The summed E-state index contributed by atoms with van der Waals surface area (Å²) in [7, 11) is 0. The highest BCUT2D eigenvalue weighted by Crippen LogP contribution is 2.13. The highest BCUT2D eigenvalue weighted by Gasteiger charge is 2.14. The number of carbonyl (C=O) groups excluding carboxylic acids is 1. The van der Waals surface area contributed by atoms with E-state index in [0.29, 0.717) is 5.56 Å². The van der Waals surface area contributed by atoms with Gasteiger partial charge in [0.15, 0.2) is 0 Å². The Morgan fingerprint density at radius 3 is 2.42 bits per heavy atom. The lowest BCUT2D eigenvalue weighted by atomic mass is 10.1. The third-order valence-corrected chi connectivity index (χ3v) is 2.64. The highest BCUT2D eigenvalue weighted by atomic mass is 19.1. The van der Waals surface area contributed by atoms with Crippen molar-refractivity contribution < 1.29 is 9.18 Å². The smallest absolute Gasteiger partial charge is 0.261 e. The molecule has 1 N–H and O–H groups in total. The summed E-state index contributed by atoms with van der Waals surface area (Å²) < 4.78 is 13.8. The summed E-state index contributed by atoms with van der Waals surface area (Å²) in [6.07, 6.45) is 0. The molecule has 2 aromatic rings. The minimum absolute atomic E-state index is 0.0113. The summed E-state index contributed by atoms with van der Waals surface area (Å²) in [5.41, 5.74) is 1.90. The van der Waals surface area contributed by atoms with Gasteiger partial charge in [-0.05, 0) is 38.5 Å². The van der Waals surface area contributed by atoms with E-state index in [0.717, 1.165) is 11.4 Å². The molecular formula is C14H14FN3O. The molecule has 0 fully saturated rings. The van der Waals surface area contributed by atoms with Crippen LogP contribution in [0, 0.1) is 26.6 Å². The molecule has 19 heavy (non-hydrogen) atoms. The van der Waals surface area contributed by atoms with Crippen LogP contribution in [0.3, 0.4) is 0 Å². The van der Waals surface area contributed by atoms with Crippen molar-refractivity contribution in [3.63, 3.8) is 0 Å². The molecule has 0 bridgehead atoms. The summed E-state index contributed by atoms with van der Waals surface area (Å²) in [5.74, 6) is -0.890. The van der Waals surface area contributed by atoms with Crippen molar-refractivity contribution >= 4 is 11.9 Å². The van der Waals surface area contributed by atoms with Crippen LogP contribution < -0.4 is 5.32 Å². The molecule has 4 nitrogen and oxygen atoms in total. The number of anilines is 1. The van der Waals surface area contributed by atoms with Crippen molar-refractivity contribution in [2.45, 2.75) is 20.8 Å². The van der Waals surface area contributed by atoms with Crippen LogP contribution in [0.1, 0.15) is 27.3 Å². The van der Waals surface area contributed by atoms with Crippen molar-refractivity contribution in [1.29, 1.82) is 0 Å². The lowest BCUT2D eigenvalue weighted by Gasteiger charge is -2.07. The predicted molar refractivity (Wildman–Crippen MR) is 70.6 cm³/mol. The zero-order valence-corrected chi connectivity index (χ0v) is 11.0. The van der Waals surface area contributed by atoms with Crippen molar-refractivity contribution in [1.82, 2.24) is 9.97 Å². The Bertz CT molecular complexity index is 620.